The summed E-state index contributed by atoms with van der Waals surface area (Å²) in [6.07, 6.45) is 0. The fourth-order valence-electron chi connectivity index (χ4n) is 1.64. The Bertz CT molecular complexity index is 678. The quantitative estimate of drug-likeness (QED) is 0.817. The predicted octanol–water partition coefficient (Wildman–Crippen LogP) is 4.65. The lowest BCUT2D eigenvalue weighted by atomic mass is 10.1. The van der Waals surface area contributed by atoms with Crippen molar-refractivity contribution in [2.24, 2.45) is 0 Å². The van der Waals surface area contributed by atoms with Crippen LogP contribution in [0.25, 0.3) is 0 Å². The molecule has 0 aromatic heterocycles. The zero-order chi connectivity index (χ0) is 14.0. The fraction of sp³-hybridized carbons (Fsp3) is 0.0714. The molecule has 19 heavy (non-hydrogen) atoms. The summed E-state index contributed by atoms with van der Waals surface area (Å²) in [5, 5.41) is 11.7. The van der Waals surface area contributed by atoms with Crippen LogP contribution in [0.15, 0.2) is 34.8 Å². The molecule has 0 saturated carbocycles. The number of nitriles is 1. The lowest BCUT2D eigenvalue weighted by Crippen LogP contribution is -1.96. The molecule has 0 radical (unpaired) electrons. The third-order valence-electron chi connectivity index (χ3n) is 2.64. The van der Waals surface area contributed by atoms with Gasteiger partial charge in [-0.2, -0.15) is 5.26 Å². The molecular weight excluding hydrogens is 314 g/mol. The van der Waals surface area contributed by atoms with Crippen LogP contribution in [0.5, 0.6) is 0 Å². The number of benzene rings is 2. The first-order valence-electron chi connectivity index (χ1n) is 5.43. The minimum absolute atomic E-state index is 0.164. The standard InChI is InChI=1S/C14H9BrF2N2/c1-8-4-10(3-2-9(8)7-18)19-14-5-11(15)12(16)6-13(14)17/h2-6,19H,1H3. The Kier molecular flexibility index (Phi) is 3.82. The fourth-order valence-corrected chi connectivity index (χ4v) is 1.98. The van der Waals surface area contributed by atoms with Crippen molar-refractivity contribution in [2.45, 2.75) is 6.92 Å². The van der Waals surface area contributed by atoms with Gasteiger partial charge < -0.3 is 5.32 Å². The van der Waals surface area contributed by atoms with Gasteiger partial charge in [0.25, 0.3) is 0 Å². The number of anilines is 2. The van der Waals surface area contributed by atoms with Gasteiger partial charge in [0, 0.05) is 11.8 Å². The van der Waals surface area contributed by atoms with E-state index in [0.717, 1.165) is 11.6 Å². The van der Waals surface area contributed by atoms with E-state index in [0.29, 0.717) is 11.3 Å². The van der Waals surface area contributed by atoms with Gasteiger partial charge in [-0.1, -0.05) is 0 Å². The van der Waals surface area contributed by atoms with Crippen LogP contribution >= 0.6 is 15.9 Å². The van der Waals surface area contributed by atoms with Gasteiger partial charge >= 0.3 is 0 Å². The zero-order valence-electron chi connectivity index (χ0n) is 9.97. The molecule has 0 aliphatic rings. The molecule has 96 valence electrons. The molecule has 0 amide bonds. The van der Waals surface area contributed by atoms with Crippen molar-refractivity contribution in [3.05, 3.63) is 57.6 Å². The van der Waals surface area contributed by atoms with Crippen molar-refractivity contribution in [2.75, 3.05) is 5.32 Å². The van der Waals surface area contributed by atoms with E-state index in [1.807, 2.05) is 0 Å². The van der Waals surface area contributed by atoms with Crippen LogP contribution in [0, 0.1) is 29.9 Å². The Balaban J connectivity index is 2.34. The minimum atomic E-state index is -0.678. The lowest BCUT2D eigenvalue weighted by Gasteiger charge is -2.10. The van der Waals surface area contributed by atoms with E-state index in [4.69, 9.17) is 5.26 Å². The Morgan fingerprint density at radius 3 is 2.53 bits per heavy atom. The summed E-state index contributed by atoms with van der Waals surface area (Å²) in [6, 6.07) is 9.24. The van der Waals surface area contributed by atoms with Crippen molar-refractivity contribution >= 4 is 27.3 Å². The van der Waals surface area contributed by atoms with Gasteiger partial charge in [0.15, 0.2) is 0 Å². The maximum absolute atomic E-state index is 13.6. The first-order valence-corrected chi connectivity index (χ1v) is 6.23. The molecular formula is C14H9BrF2N2. The highest BCUT2D eigenvalue weighted by molar-refractivity contribution is 9.10. The molecule has 0 spiro atoms. The monoisotopic (exact) mass is 322 g/mol. The van der Waals surface area contributed by atoms with E-state index in [-0.39, 0.29) is 10.2 Å². The van der Waals surface area contributed by atoms with Crippen LogP contribution in [-0.2, 0) is 0 Å². The van der Waals surface area contributed by atoms with E-state index >= 15 is 0 Å². The third-order valence-corrected chi connectivity index (χ3v) is 3.24. The van der Waals surface area contributed by atoms with E-state index in [1.165, 1.54) is 6.07 Å². The third kappa shape index (κ3) is 2.91. The van der Waals surface area contributed by atoms with E-state index < -0.39 is 11.6 Å². The average Bonchev–Trinajstić information content (AvgIpc) is 2.36. The molecule has 0 bridgehead atoms. The van der Waals surface area contributed by atoms with E-state index in [9.17, 15) is 8.78 Å². The van der Waals surface area contributed by atoms with Crippen LogP contribution < -0.4 is 5.32 Å². The SMILES string of the molecule is Cc1cc(Nc2cc(Br)c(F)cc2F)ccc1C#N. The molecule has 2 aromatic rings. The highest BCUT2D eigenvalue weighted by atomic mass is 79.9. The molecule has 0 unspecified atom stereocenters. The van der Waals surface area contributed by atoms with Gasteiger partial charge in [0.05, 0.1) is 21.8 Å². The number of nitrogens with one attached hydrogen (secondary N) is 1. The van der Waals surface area contributed by atoms with Gasteiger partial charge in [-0.05, 0) is 52.7 Å². The molecule has 0 aliphatic heterocycles. The Hall–Kier alpha value is -1.93. The van der Waals surface area contributed by atoms with Crippen molar-refractivity contribution in [1.82, 2.24) is 0 Å². The largest absolute Gasteiger partial charge is 0.353 e. The minimum Gasteiger partial charge on any atom is -0.353 e. The first-order chi connectivity index (χ1) is 9.01. The first kappa shape index (κ1) is 13.5. The molecule has 0 atom stereocenters. The number of rotatable bonds is 2. The van der Waals surface area contributed by atoms with Crippen LogP contribution in [0.3, 0.4) is 0 Å². The second-order valence-electron chi connectivity index (χ2n) is 4.01. The van der Waals surface area contributed by atoms with Crippen LogP contribution in [0.2, 0.25) is 0 Å². The van der Waals surface area contributed by atoms with Crippen LogP contribution in [-0.4, -0.2) is 0 Å². The Labute approximate surface area is 117 Å². The molecule has 2 rings (SSSR count). The summed E-state index contributed by atoms with van der Waals surface area (Å²) in [5.74, 6) is -1.33. The number of hydrogen-bond acceptors (Lipinski definition) is 2. The summed E-state index contributed by atoms with van der Waals surface area (Å²) in [5.41, 5.74) is 2.15. The van der Waals surface area contributed by atoms with Crippen LogP contribution in [0.4, 0.5) is 20.2 Å². The average molecular weight is 323 g/mol. The number of nitrogens with zero attached hydrogens (tertiary/aromatic N) is 1. The van der Waals surface area contributed by atoms with Crippen molar-refractivity contribution in [1.29, 1.82) is 5.26 Å². The summed E-state index contributed by atoms with van der Waals surface area (Å²) in [6.45, 7) is 1.79. The molecule has 2 nitrogen and oxygen atoms in total. The van der Waals surface area contributed by atoms with Gasteiger partial charge in [-0.3, -0.25) is 0 Å². The Morgan fingerprint density at radius 2 is 1.89 bits per heavy atom. The van der Waals surface area contributed by atoms with Gasteiger partial charge in [0.1, 0.15) is 11.6 Å². The summed E-state index contributed by atoms with van der Waals surface area (Å²) in [7, 11) is 0. The molecule has 0 heterocycles. The molecule has 5 heteroatoms. The van der Waals surface area contributed by atoms with E-state index in [2.05, 4.69) is 27.3 Å². The predicted molar refractivity (Wildman–Crippen MR) is 73.2 cm³/mol. The molecule has 0 fully saturated rings. The Morgan fingerprint density at radius 1 is 1.16 bits per heavy atom. The smallest absolute Gasteiger partial charge is 0.149 e. The van der Waals surface area contributed by atoms with Crippen molar-refractivity contribution < 1.29 is 8.78 Å². The lowest BCUT2D eigenvalue weighted by molar-refractivity contribution is 0.581. The van der Waals surface area contributed by atoms with E-state index in [1.54, 1.807) is 25.1 Å². The number of halogens is 3. The number of hydrogen-bond donors (Lipinski definition) is 1. The summed E-state index contributed by atoms with van der Waals surface area (Å²) < 4.78 is 26.9. The molecule has 0 saturated heterocycles. The maximum Gasteiger partial charge on any atom is 0.149 e. The number of aryl methyl sites for hydroxylation is 1. The highest BCUT2D eigenvalue weighted by Gasteiger charge is 2.09. The zero-order valence-corrected chi connectivity index (χ0v) is 11.6. The maximum atomic E-state index is 13.6. The van der Waals surface area contributed by atoms with Gasteiger partial charge in [0.2, 0.25) is 0 Å². The highest BCUT2D eigenvalue weighted by Crippen LogP contribution is 2.27. The van der Waals surface area contributed by atoms with Gasteiger partial charge in [-0.15, -0.1) is 0 Å². The molecule has 1 N–H and O–H groups in total. The second-order valence-corrected chi connectivity index (χ2v) is 4.87. The normalized spacial score (nSPS) is 10.1. The molecule has 2 aromatic carbocycles. The second kappa shape index (κ2) is 5.37. The topological polar surface area (TPSA) is 35.8 Å². The van der Waals surface area contributed by atoms with Crippen LogP contribution in [0.1, 0.15) is 11.1 Å². The summed E-state index contributed by atoms with van der Waals surface area (Å²) in [4.78, 5) is 0. The summed E-state index contributed by atoms with van der Waals surface area (Å²) >= 11 is 3.01. The van der Waals surface area contributed by atoms with Gasteiger partial charge in [-0.25, -0.2) is 8.78 Å². The molecule has 0 aliphatic carbocycles. The van der Waals surface area contributed by atoms with Crippen molar-refractivity contribution in [3.8, 4) is 6.07 Å². The van der Waals surface area contributed by atoms with Crippen molar-refractivity contribution in [3.63, 3.8) is 0 Å².